The second-order valence-corrected chi connectivity index (χ2v) is 7.13. The molecule has 0 amide bonds. The van der Waals surface area contributed by atoms with Crippen LogP contribution < -0.4 is 10.6 Å². The number of thiophene rings is 1. The molecule has 1 aromatic rings. The molecule has 2 N–H and O–H groups in total. The minimum absolute atomic E-state index is 0.0926. The molecule has 1 aliphatic heterocycles. The lowest BCUT2D eigenvalue weighted by molar-refractivity contribution is -0.00454. The summed E-state index contributed by atoms with van der Waals surface area (Å²) in [6.07, 6.45) is 4.61. The Morgan fingerprint density at radius 1 is 1.50 bits per heavy atom. The molecular weight excluding hydrogens is 270 g/mol. The summed E-state index contributed by atoms with van der Waals surface area (Å²) < 4.78 is 5.68. The monoisotopic (exact) mass is 291 g/mol. The smallest absolute Gasteiger partial charge is 0.130 e. The SMILES string of the molecule is COC1(C)CCCN(c2sc(C#N)c(N)c2C2CC2)C1. The molecule has 0 bridgehead atoms. The average Bonchev–Trinajstić information content (AvgIpc) is 3.22. The third kappa shape index (κ3) is 2.27. The Bertz CT molecular complexity index is 558. The largest absolute Gasteiger partial charge is 0.397 e. The lowest BCUT2D eigenvalue weighted by atomic mass is 9.94. The summed E-state index contributed by atoms with van der Waals surface area (Å²) in [5, 5.41) is 10.5. The average molecular weight is 291 g/mol. The van der Waals surface area contributed by atoms with E-state index in [2.05, 4.69) is 17.9 Å². The van der Waals surface area contributed by atoms with E-state index < -0.39 is 0 Å². The number of anilines is 2. The van der Waals surface area contributed by atoms with Crippen molar-refractivity contribution >= 4 is 22.0 Å². The van der Waals surface area contributed by atoms with E-state index in [-0.39, 0.29) is 5.60 Å². The Morgan fingerprint density at radius 2 is 2.25 bits per heavy atom. The molecule has 1 aliphatic carbocycles. The summed E-state index contributed by atoms with van der Waals surface area (Å²) in [4.78, 5) is 3.05. The van der Waals surface area contributed by atoms with Crippen LogP contribution in [0.1, 0.15) is 49.0 Å². The zero-order valence-corrected chi connectivity index (χ0v) is 12.9. The Kier molecular flexibility index (Phi) is 3.39. The van der Waals surface area contributed by atoms with Crippen molar-refractivity contribution in [1.29, 1.82) is 5.26 Å². The predicted molar refractivity (Wildman–Crippen MR) is 82.3 cm³/mol. The first kappa shape index (κ1) is 13.7. The van der Waals surface area contributed by atoms with Crippen LogP contribution in [0.2, 0.25) is 0 Å². The number of nitrogens with zero attached hydrogens (tertiary/aromatic N) is 2. The predicted octanol–water partition coefficient (Wildman–Crippen LogP) is 3.08. The van der Waals surface area contributed by atoms with Gasteiger partial charge in [0, 0.05) is 25.8 Å². The van der Waals surface area contributed by atoms with Crippen molar-refractivity contribution in [3.63, 3.8) is 0 Å². The minimum atomic E-state index is -0.0926. The summed E-state index contributed by atoms with van der Waals surface area (Å²) in [5.74, 6) is 0.569. The number of hydrogen-bond acceptors (Lipinski definition) is 5. The molecule has 0 aromatic carbocycles. The molecule has 0 radical (unpaired) electrons. The van der Waals surface area contributed by atoms with E-state index >= 15 is 0 Å². The molecule has 0 spiro atoms. The molecule has 2 heterocycles. The Morgan fingerprint density at radius 3 is 2.85 bits per heavy atom. The summed E-state index contributed by atoms with van der Waals surface area (Å²) in [7, 11) is 1.79. The second kappa shape index (κ2) is 4.94. The third-order valence-electron chi connectivity index (χ3n) is 4.49. The van der Waals surface area contributed by atoms with Gasteiger partial charge in [-0.15, -0.1) is 11.3 Å². The maximum atomic E-state index is 9.24. The molecule has 1 saturated carbocycles. The van der Waals surface area contributed by atoms with Gasteiger partial charge in [-0.25, -0.2) is 0 Å². The van der Waals surface area contributed by atoms with Crippen LogP contribution in [0.3, 0.4) is 0 Å². The number of rotatable bonds is 3. The zero-order chi connectivity index (χ0) is 14.3. The molecule has 1 atom stereocenters. The quantitative estimate of drug-likeness (QED) is 0.929. The van der Waals surface area contributed by atoms with E-state index in [1.165, 1.54) is 23.4 Å². The van der Waals surface area contributed by atoms with Crippen molar-refractivity contribution in [3.8, 4) is 6.07 Å². The number of nitriles is 1. The highest BCUT2D eigenvalue weighted by Crippen LogP contribution is 2.52. The van der Waals surface area contributed by atoms with Crippen LogP contribution in [0.4, 0.5) is 10.7 Å². The Labute approximate surface area is 124 Å². The van der Waals surface area contributed by atoms with Gasteiger partial charge in [0.25, 0.3) is 0 Å². The lowest BCUT2D eigenvalue weighted by Gasteiger charge is -2.40. The number of hydrogen-bond donors (Lipinski definition) is 1. The fourth-order valence-corrected chi connectivity index (χ4v) is 4.20. The van der Waals surface area contributed by atoms with Crippen molar-refractivity contribution in [2.45, 2.75) is 44.1 Å². The van der Waals surface area contributed by atoms with Crippen LogP contribution in [0, 0.1) is 11.3 Å². The number of piperidine rings is 1. The van der Waals surface area contributed by atoms with Crippen LogP contribution in [0.15, 0.2) is 0 Å². The maximum Gasteiger partial charge on any atom is 0.130 e. The van der Waals surface area contributed by atoms with Gasteiger partial charge in [0.2, 0.25) is 0 Å². The number of methoxy groups -OCH3 is 1. The highest BCUT2D eigenvalue weighted by Gasteiger charge is 2.37. The summed E-state index contributed by atoms with van der Waals surface area (Å²) in [5.41, 5.74) is 8.05. The van der Waals surface area contributed by atoms with Gasteiger partial charge in [-0.3, -0.25) is 0 Å². The summed E-state index contributed by atoms with van der Waals surface area (Å²) in [6, 6.07) is 2.25. The molecule has 1 aromatic heterocycles. The van der Waals surface area contributed by atoms with E-state index in [1.54, 1.807) is 18.4 Å². The first-order chi connectivity index (χ1) is 9.58. The minimum Gasteiger partial charge on any atom is -0.397 e. The standard InChI is InChI=1S/C15H21N3OS/c1-15(19-2)6-3-7-18(9-15)14-12(10-4-5-10)13(17)11(8-16)20-14/h10H,3-7,9,17H2,1-2H3. The van der Waals surface area contributed by atoms with Crippen molar-refractivity contribution in [3.05, 3.63) is 10.4 Å². The Hall–Kier alpha value is -1.25. The number of ether oxygens (including phenoxy) is 1. The molecule has 1 saturated heterocycles. The normalized spacial score (nSPS) is 26.6. The first-order valence-electron chi connectivity index (χ1n) is 7.20. The van der Waals surface area contributed by atoms with E-state index in [9.17, 15) is 5.26 Å². The fourth-order valence-electron chi connectivity index (χ4n) is 3.07. The van der Waals surface area contributed by atoms with Crippen LogP contribution in [-0.4, -0.2) is 25.8 Å². The third-order valence-corrected chi connectivity index (χ3v) is 5.68. The van der Waals surface area contributed by atoms with Crippen molar-refractivity contribution in [2.75, 3.05) is 30.8 Å². The summed E-state index contributed by atoms with van der Waals surface area (Å²) in [6.45, 7) is 4.08. The summed E-state index contributed by atoms with van der Waals surface area (Å²) >= 11 is 1.56. The Balaban J connectivity index is 1.95. The van der Waals surface area contributed by atoms with Crippen molar-refractivity contribution < 1.29 is 4.74 Å². The molecule has 2 aliphatic rings. The fraction of sp³-hybridized carbons (Fsp3) is 0.667. The molecule has 108 valence electrons. The van der Waals surface area contributed by atoms with Gasteiger partial charge >= 0.3 is 0 Å². The van der Waals surface area contributed by atoms with Crippen molar-refractivity contribution in [1.82, 2.24) is 0 Å². The van der Waals surface area contributed by atoms with E-state index in [4.69, 9.17) is 10.5 Å². The molecule has 5 heteroatoms. The van der Waals surface area contributed by atoms with Crippen LogP contribution in [-0.2, 0) is 4.74 Å². The maximum absolute atomic E-state index is 9.24. The molecule has 20 heavy (non-hydrogen) atoms. The van der Waals surface area contributed by atoms with Gasteiger partial charge < -0.3 is 15.4 Å². The van der Waals surface area contributed by atoms with Gasteiger partial charge in [-0.1, -0.05) is 0 Å². The van der Waals surface area contributed by atoms with E-state index in [0.29, 0.717) is 10.8 Å². The number of nitrogens with two attached hydrogens (primary N) is 1. The highest BCUT2D eigenvalue weighted by atomic mass is 32.1. The van der Waals surface area contributed by atoms with Gasteiger partial charge in [-0.05, 0) is 38.5 Å². The second-order valence-electron chi connectivity index (χ2n) is 6.13. The molecule has 1 unspecified atom stereocenters. The van der Waals surface area contributed by atoms with Gasteiger partial charge in [0.05, 0.1) is 16.3 Å². The van der Waals surface area contributed by atoms with Crippen LogP contribution in [0.25, 0.3) is 0 Å². The van der Waals surface area contributed by atoms with E-state index in [0.717, 1.165) is 31.6 Å². The molecular formula is C15H21N3OS. The van der Waals surface area contributed by atoms with Crippen LogP contribution in [0.5, 0.6) is 0 Å². The molecule has 4 nitrogen and oxygen atoms in total. The zero-order valence-electron chi connectivity index (χ0n) is 12.1. The first-order valence-corrected chi connectivity index (χ1v) is 8.02. The van der Waals surface area contributed by atoms with Gasteiger partial charge in [0.15, 0.2) is 0 Å². The van der Waals surface area contributed by atoms with Gasteiger partial charge in [0.1, 0.15) is 10.9 Å². The topological polar surface area (TPSA) is 62.3 Å². The molecule has 3 rings (SSSR count). The molecule has 2 fully saturated rings. The van der Waals surface area contributed by atoms with E-state index in [1.807, 2.05) is 0 Å². The highest BCUT2D eigenvalue weighted by molar-refractivity contribution is 7.17. The number of nitrogen functional groups attached to an aromatic ring is 1. The lowest BCUT2D eigenvalue weighted by Crippen LogP contribution is -2.47. The van der Waals surface area contributed by atoms with Crippen LogP contribution >= 0.6 is 11.3 Å². The van der Waals surface area contributed by atoms with Crippen molar-refractivity contribution in [2.24, 2.45) is 0 Å². The van der Waals surface area contributed by atoms with Gasteiger partial charge in [-0.2, -0.15) is 5.26 Å².